The van der Waals surface area contributed by atoms with Gasteiger partial charge in [0.15, 0.2) is 5.78 Å². The lowest BCUT2D eigenvalue weighted by Gasteiger charge is -2.08. The van der Waals surface area contributed by atoms with E-state index in [1.54, 1.807) is 18.2 Å². The molecule has 8 heteroatoms. The Kier molecular flexibility index (Phi) is 5.31. The van der Waals surface area contributed by atoms with Gasteiger partial charge < -0.3 is 14.6 Å². The van der Waals surface area contributed by atoms with Gasteiger partial charge in [-0.2, -0.15) is 0 Å². The molecular formula is C16H13Cl2NO5. The summed E-state index contributed by atoms with van der Waals surface area (Å²) in [5, 5.41) is 20.5. The molecule has 0 spiro atoms. The number of nitrogens with zero attached hydrogens (tertiary/aromatic N) is 1. The summed E-state index contributed by atoms with van der Waals surface area (Å²) in [7, 11) is 0. The van der Waals surface area contributed by atoms with E-state index in [0.717, 1.165) is 6.92 Å². The molecule has 2 N–H and O–H groups in total. The standard InChI is InChI=1S/C16H13Cl2NO5/c1-7(19-6-9-3-4-10(17)5-11(9)18)12-14(21)13(8(2)20)16(23)24-15(12)22/h3-5,21,23H,6H2,1-2H3. The van der Waals surface area contributed by atoms with E-state index >= 15 is 0 Å². The van der Waals surface area contributed by atoms with Gasteiger partial charge in [-0.05, 0) is 31.5 Å². The Bertz CT molecular complexity index is 902. The van der Waals surface area contributed by atoms with Crippen LogP contribution >= 0.6 is 23.2 Å². The second-order valence-corrected chi connectivity index (χ2v) is 5.83. The fourth-order valence-corrected chi connectivity index (χ4v) is 2.55. The van der Waals surface area contributed by atoms with Crippen LogP contribution in [0.15, 0.2) is 32.4 Å². The van der Waals surface area contributed by atoms with Crippen LogP contribution in [0.25, 0.3) is 0 Å². The van der Waals surface area contributed by atoms with Gasteiger partial charge in [-0.1, -0.05) is 29.3 Å². The van der Waals surface area contributed by atoms with Crippen LogP contribution in [0.1, 0.15) is 35.3 Å². The van der Waals surface area contributed by atoms with Crippen molar-refractivity contribution in [1.82, 2.24) is 0 Å². The fraction of sp³-hybridized carbons (Fsp3) is 0.188. The molecule has 1 aromatic heterocycles. The van der Waals surface area contributed by atoms with E-state index in [4.69, 9.17) is 23.2 Å². The monoisotopic (exact) mass is 369 g/mol. The van der Waals surface area contributed by atoms with Gasteiger partial charge in [0.05, 0.1) is 12.3 Å². The van der Waals surface area contributed by atoms with E-state index in [-0.39, 0.29) is 17.8 Å². The Morgan fingerprint density at radius 3 is 2.46 bits per heavy atom. The first-order valence-corrected chi connectivity index (χ1v) is 7.53. The molecule has 0 bridgehead atoms. The van der Waals surface area contributed by atoms with Gasteiger partial charge in [0.25, 0.3) is 5.95 Å². The lowest BCUT2D eigenvalue weighted by molar-refractivity contribution is 0.100. The van der Waals surface area contributed by atoms with Crippen LogP contribution < -0.4 is 5.63 Å². The zero-order valence-electron chi connectivity index (χ0n) is 12.8. The van der Waals surface area contributed by atoms with E-state index in [1.165, 1.54) is 6.92 Å². The maximum atomic E-state index is 11.9. The molecule has 0 aliphatic rings. The lowest BCUT2D eigenvalue weighted by atomic mass is 10.1. The Hall–Kier alpha value is -2.31. The summed E-state index contributed by atoms with van der Waals surface area (Å²) in [6.45, 7) is 2.71. The summed E-state index contributed by atoms with van der Waals surface area (Å²) in [6.07, 6.45) is 0. The number of halogens is 2. The maximum absolute atomic E-state index is 11.9. The summed E-state index contributed by atoms with van der Waals surface area (Å²) in [5.41, 5.74) is -0.963. The molecule has 0 aliphatic heterocycles. The minimum Gasteiger partial charge on any atom is -0.506 e. The van der Waals surface area contributed by atoms with Crippen LogP contribution in [-0.4, -0.2) is 21.7 Å². The third-order valence-corrected chi connectivity index (χ3v) is 3.88. The molecular weight excluding hydrogens is 357 g/mol. The van der Waals surface area contributed by atoms with Crippen molar-refractivity contribution < 1.29 is 19.4 Å². The van der Waals surface area contributed by atoms with Gasteiger partial charge in [-0.3, -0.25) is 9.79 Å². The summed E-state index contributed by atoms with van der Waals surface area (Å²) < 4.78 is 4.59. The largest absolute Gasteiger partial charge is 0.506 e. The van der Waals surface area contributed by atoms with Crippen molar-refractivity contribution in [3.05, 3.63) is 55.4 Å². The van der Waals surface area contributed by atoms with Crippen LogP contribution in [0.5, 0.6) is 11.7 Å². The summed E-state index contributed by atoms with van der Waals surface area (Å²) in [5.74, 6) is -2.24. The van der Waals surface area contributed by atoms with Crippen molar-refractivity contribution in [3.63, 3.8) is 0 Å². The van der Waals surface area contributed by atoms with Gasteiger partial charge >= 0.3 is 5.63 Å². The minimum atomic E-state index is -1.00. The SMILES string of the molecule is CC(=O)c1c(O)oc(=O)c(C(C)=NCc2ccc(Cl)cc2Cl)c1O. The molecule has 0 aliphatic carbocycles. The normalized spacial score (nSPS) is 11.6. The molecule has 1 aromatic carbocycles. The molecule has 6 nitrogen and oxygen atoms in total. The Morgan fingerprint density at radius 2 is 1.88 bits per heavy atom. The quantitative estimate of drug-likeness (QED) is 0.633. The number of carbonyl (C=O) groups is 1. The van der Waals surface area contributed by atoms with Gasteiger partial charge in [0, 0.05) is 10.0 Å². The number of Topliss-reactive ketones (excluding diaryl/α,β-unsaturated/α-hetero) is 1. The van der Waals surface area contributed by atoms with Crippen molar-refractivity contribution in [3.8, 4) is 11.7 Å². The summed E-state index contributed by atoms with van der Waals surface area (Å²) >= 11 is 11.9. The van der Waals surface area contributed by atoms with Crippen LogP contribution in [0.2, 0.25) is 10.0 Å². The number of benzene rings is 1. The van der Waals surface area contributed by atoms with Gasteiger partial charge in [0.1, 0.15) is 16.9 Å². The molecule has 0 atom stereocenters. The molecule has 0 radical (unpaired) electrons. The lowest BCUT2D eigenvalue weighted by Crippen LogP contribution is -2.15. The highest BCUT2D eigenvalue weighted by Gasteiger charge is 2.23. The average Bonchev–Trinajstić information content (AvgIpc) is 2.45. The highest BCUT2D eigenvalue weighted by atomic mass is 35.5. The minimum absolute atomic E-state index is 0.122. The molecule has 0 saturated carbocycles. The fourth-order valence-electron chi connectivity index (χ4n) is 2.08. The van der Waals surface area contributed by atoms with E-state index in [9.17, 15) is 19.8 Å². The highest BCUT2D eigenvalue weighted by molar-refractivity contribution is 6.35. The second kappa shape index (κ2) is 7.07. The third kappa shape index (κ3) is 3.60. The molecule has 0 saturated heterocycles. The average molecular weight is 370 g/mol. The first kappa shape index (κ1) is 18.0. The number of carbonyl (C=O) groups excluding carboxylic acids is 1. The molecule has 0 amide bonds. The van der Waals surface area contributed by atoms with E-state index in [0.29, 0.717) is 15.6 Å². The molecule has 0 fully saturated rings. The van der Waals surface area contributed by atoms with Crippen LogP contribution in [0.4, 0.5) is 0 Å². The van der Waals surface area contributed by atoms with Crippen LogP contribution in [-0.2, 0) is 6.54 Å². The molecule has 2 rings (SSSR count). The van der Waals surface area contributed by atoms with Crippen molar-refractivity contribution in [2.24, 2.45) is 4.99 Å². The van der Waals surface area contributed by atoms with Gasteiger partial charge in [0.2, 0.25) is 0 Å². The molecule has 1 heterocycles. The smallest absolute Gasteiger partial charge is 0.351 e. The van der Waals surface area contributed by atoms with E-state index < -0.39 is 28.7 Å². The predicted molar refractivity (Wildman–Crippen MR) is 90.7 cm³/mol. The van der Waals surface area contributed by atoms with Gasteiger partial charge in [-0.15, -0.1) is 0 Å². The van der Waals surface area contributed by atoms with Crippen LogP contribution in [0.3, 0.4) is 0 Å². The van der Waals surface area contributed by atoms with Crippen molar-refractivity contribution >= 4 is 34.7 Å². The van der Waals surface area contributed by atoms with Crippen molar-refractivity contribution in [2.45, 2.75) is 20.4 Å². The highest BCUT2D eigenvalue weighted by Crippen LogP contribution is 2.29. The predicted octanol–water partition coefficient (Wildman–Crippen LogP) is 3.57. The van der Waals surface area contributed by atoms with E-state index in [1.807, 2.05) is 0 Å². The number of hydrogen-bond acceptors (Lipinski definition) is 6. The Balaban J connectivity index is 2.46. The topological polar surface area (TPSA) is 100 Å². The molecule has 0 unspecified atom stereocenters. The number of aromatic hydroxyl groups is 2. The maximum Gasteiger partial charge on any atom is 0.351 e. The third-order valence-electron chi connectivity index (χ3n) is 3.30. The van der Waals surface area contributed by atoms with Crippen LogP contribution in [0, 0.1) is 0 Å². The summed E-state index contributed by atoms with van der Waals surface area (Å²) in [6, 6.07) is 4.89. The number of hydrogen-bond donors (Lipinski definition) is 2. The summed E-state index contributed by atoms with van der Waals surface area (Å²) in [4.78, 5) is 27.5. The molecule has 2 aromatic rings. The number of aliphatic imine (C=N–C) groups is 1. The first-order valence-electron chi connectivity index (χ1n) is 6.77. The second-order valence-electron chi connectivity index (χ2n) is 4.99. The van der Waals surface area contributed by atoms with E-state index in [2.05, 4.69) is 9.41 Å². The Labute approximate surface area is 147 Å². The number of rotatable bonds is 4. The van der Waals surface area contributed by atoms with Gasteiger partial charge in [-0.25, -0.2) is 4.79 Å². The number of ketones is 1. The zero-order valence-corrected chi connectivity index (χ0v) is 14.3. The molecule has 24 heavy (non-hydrogen) atoms. The van der Waals surface area contributed by atoms with Crippen molar-refractivity contribution in [2.75, 3.05) is 0 Å². The zero-order chi connectivity index (χ0) is 18.0. The van der Waals surface area contributed by atoms with Crippen molar-refractivity contribution in [1.29, 1.82) is 0 Å². The molecule has 126 valence electrons. The Morgan fingerprint density at radius 1 is 1.21 bits per heavy atom. The first-order chi connectivity index (χ1) is 11.2.